The molecule has 0 bridgehead atoms. The van der Waals surface area contributed by atoms with Gasteiger partial charge in [-0.15, -0.1) is 0 Å². The number of rotatable bonds is 14. The molecule has 0 saturated carbocycles. The van der Waals surface area contributed by atoms with E-state index in [1.54, 1.807) is 33.7 Å². The number of halogens is 1. The molecule has 41 heavy (non-hydrogen) atoms. The van der Waals surface area contributed by atoms with Crippen molar-refractivity contribution in [3.05, 3.63) is 81.7 Å². The Morgan fingerprint density at radius 1 is 0.927 bits per heavy atom. The predicted octanol–water partition coefficient (Wildman–Crippen LogP) is 4.37. The summed E-state index contributed by atoms with van der Waals surface area (Å²) in [5, 5.41) is 6.63. The fraction of sp³-hybridized carbons (Fsp3) is 0.355. The van der Waals surface area contributed by atoms with Gasteiger partial charge in [0.15, 0.2) is 0 Å². The van der Waals surface area contributed by atoms with Crippen LogP contribution >= 0.6 is 11.6 Å². The van der Waals surface area contributed by atoms with Crippen LogP contribution in [0.4, 0.5) is 0 Å². The number of nitrogens with one attached hydrogen (secondary N) is 2. The van der Waals surface area contributed by atoms with E-state index in [4.69, 9.17) is 16.6 Å². The van der Waals surface area contributed by atoms with Crippen molar-refractivity contribution in [1.29, 1.82) is 0 Å². The van der Waals surface area contributed by atoms with Gasteiger partial charge in [0, 0.05) is 61.1 Å². The molecule has 4 aromatic rings. The van der Waals surface area contributed by atoms with Gasteiger partial charge in [0.2, 0.25) is 12.2 Å². The molecule has 0 radical (unpaired) electrons. The Morgan fingerprint density at radius 2 is 1.56 bits per heavy atom. The van der Waals surface area contributed by atoms with Crippen molar-refractivity contribution >= 4 is 30.1 Å². The van der Waals surface area contributed by atoms with Gasteiger partial charge >= 0.3 is 0 Å². The summed E-state index contributed by atoms with van der Waals surface area (Å²) in [6.07, 6.45) is 6.65. The summed E-state index contributed by atoms with van der Waals surface area (Å²) in [6.45, 7) is 6.17. The highest BCUT2D eigenvalue weighted by atomic mass is 35.5. The highest BCUT2D eigenvalue weighted by molar-refractivity contribution is 6.30. The molecule has 2 heterocycles. The third-order valence-corrected chi connectivity index (χ3v) is 6.88. The summed E-state index contributed by atoms with van der Waals surface area (Å²) in [5.74, 6) is 0.609. The molecule has 0 saturated heterocycles. The highest BCUT2D eigenvalue weighted by Crippen LogP contribution is 2.25. The number of hydrogen-bond acceptors (Lipinski definition) is 6. The minimum Gasteiger partial charge on any atom is -0.343 e. The van der Waals surface area contributed by atoms with Gasteiger partial charge in [0.25, 0.3) is 5.56 Å². The predicted molar refractivity (Wildman–Crippen MR) is 166 cm³/mol. The van der Waals surface area contributed by atoms with Crippen LogP contribution in [0, 0.1) is 0 Å². The fourth-order valence-electron chi connectivity index (χ4n) is 4.29. The Labute approximate surface area is 246 Å². The van der Waals surface area contributed by atoms with E-state index in [2.05, 4.69) is 22.1 Å². The molecule has 2 aromatic heterocycles. The minimum atomic E-state index is -0.140. The third kappa shape index (κ3) is 8.85. The second kappa shape index (κ2) is 16.5. The molecular weight excluding hydrogens is 540 g/mol. The van der Waals surface area contributed by atoms with Crippen LogP contribution in [0.15, 0.2) is 65.6 Å². The standard InChI is InChI=1S/C24H22ClN3O2.C7H17N3O/c1-2-3-4-13-27-22(19-7-5-17(16-29)6-8-19)14-23(30)28-15-21(26-24(27)28)18-9-11-20(25)12-10-18;1-8-3-5-10(7-11)6-4-9-2/h5-12,14-16H,2-4,13H2,1H3;7-9H,3-6H2,1-2H3. The van der Waals surface area contributed by atoms with Crippen molar-refractivity contribution in [2.45, 2.75) is 32.7 Å². The van der Waals surface area contributed by atoms with E-state index in [0.717, 1.165) is 87.2 Å². The topological polar surface area (TPSA) is 101 Å². The van der Waals surface area contributed by atoms with Crippen LogP contribution in [-0.2, 0) is 11.3 Å². The first-order valence-electron chi connectivity index (χ1n) is 13.9. The van der Waals surface area contributed by atoms with Gasteiger partial charge in [-0.05, 0) is 38.2 Å². The lowest BCUT2D eigenvalue weighted by molar-refractivity contribution is -0.118. The number of imidazole rings is 1. The molecule has 0 unspecified atom stereocenters. The Morgan fingerprint density at radius 3 is 2.12 bits per heavy atom. The minimum absolute atomic E-state index is 0.140. The van der Waals surface area contributed by atoms with E-state index < -0.39 is 0 Å². The summed E-state index contributed by atoms with van der Waals surface area (Å²) in [7, 11) is 3.75. The molecule has 0 atom stereocenters. The maximum absolute atomic E-state index is 12.9. The van der Waals surface area contributed by atoms with E-state index in [1.165, 1.54) is 0 Å². The van der Waals surface area contributed by atoms with Gasteiger partial charge < -0.3 is 20.1 Å². The molecule has 0 aliphatic rings. The number of fused-ring (bicyclic) bond motifs is 1. The number of hydrogen-bond donors (Lipinski definition) is 2. The van der Waals surface area contributed by atoms with E-state index in [9.17, 15) is 14.4 Å². The average Bonchev–Trinajstić information content (AvgIpc) is 3.45. The lowest BCUT2D eigenvalue weighted by Gasteiger charge is -2.16. The van der Waals surface area contributed by atoms with Crippen molar-refractivity contribution in [2.75, 3.05) is 40.3 Å². The maximum atomic E-state index is 12.9. The number of benzene rings is 2. The molecule has 2 N–H and O–H groups in total. The van der Waals surface area contributed by atoms with E-state index >= 15 is 0 Å². The van der Waals surface area contributed by atoms with Crippen LogP contribution in [0.2, 0.25) is 5.02 Å². The van der Waals surface area contributed by atoms with Gasteiger partial charge in [-0.2, -0.15) is 0 Å². The van der Waals surface area contributed by atoms with Crippen LogP contribution in [0.5, 0.6) is 0 Å². The Balaban J connectivity index is 0.000000358. The number of aryl methyl sites for hydroxylation is 1. The van der Waals surface area contributed by atoms with Crippen molar-refractivity contribution in [3.63, 3.8) is 0 Å². The molecule has 10 heteroatoms. The number of nitrogens with zero attached hydrogens (tertiary/aromatic N) is 4. The number of likely N-dealkylation sites (N-methyl/N-ethyl adjacent to an activating group) is 2. The lowest BCUT2D eigenvalue weighted by atomic mass is 10.1. The summed E-state index contributed by atoms with van der Waals surface area (Å²) in [5.41, 5.74) is 3.77. The van der Waals surface area contributed by atoms with Crippen LogP contribution < -0.4 is 16.2 Å². The van der Waals surface area contributed by atoms with Crippen molar-refractivity contribution in [2.24, 2.45) is 0 Å². The Hall–Kier alpha value is -3.79. The average molecular weight is 579 g/mol. The first-order chi connectivity index (χ1) is 19.9. The SMILES string of the molecule is CCCCCn1c(-c2ccc(C=O)cc2)cc(=O)n2cc(-c3ccc(Cl)cc3)nc12.CNCCN(C=O)CCNC. The zero-order valence-corrected chi connectivity index (χ0v) is 24.7. The molecule has 0 aliphatic heterocycles. The van der Waals surface area contributed by atoms with Crippen LogP contribution in [0.1, 0.15) is 36.5 Å². The largest absolute Gasteiger partial charge is 0.343 e. The smallest absolute Gasteiger partial charge is 0.259 e. The van der Waals surface area contributed by atoms with Crippen LogP contribution in [0.3, 0.4) is 0 Å². The van der Waals surface area contributed by atoms with E-state index in [0.29, 0.717) is 16.4 Å². The van der Waals surface area contributed by atoms with E-state index in [-0.39, 0.29) is 5.56 Å². The van der Waals surface area contributed by atoms with E-state index in [1.807, 2.05) is 50.5 Å². The highest BCUT2D eigenvalue weighted by Gasteiger charge is 2.15. The normalized spacial score (nSPS) is 10.7. The molecule has 2 aromatic carbocycles. The van der Waals surface area contributed by atoms with Crippen molar-refractivity contribution in [3.8, 4) is 22.5 Å². The summed E-state index contributed by atoms with van der Waals surface area (Å²) >= 11 is 6.01. The van der Waals surface area contributed by atoms with Crippen LogP contribution in [0.25, 0.3) is 28.3 Å². The molecule has 218 valence electrons. The maximum Gasteiger partial charge on any atom is 0.259 e. The third-order valence-electron chi connectivity index (χ3n) is 6.63. The molecule has 4 rings (SSSR count). The monoisotopic (exact) mass is 578 g/mol. The molecule has 0 aliphatic carbocycles. The number of aromatic nitrogens is 3. The van der Waals surface area contributed by atoms with Gasteiger partial charge in [0.05, 0.1) is 11.4 Å². The fourth-order valence-corrected chi connectivity index (χ4v) is 4.42. The Bertz CT molecular complexity index is 1440. The molecule has 9 nitrogen and oxygen atoms in total. The zero-order chi connectivity index (χ0) is 29.6. The molecule has 0 spiro atoms. The second-order valence-electron chi connectivity index (χ2n) is 9.62. The van der Waals surface area contributed by atoms with Gasteiger partial charge in [-0.25, -0.2) is 4.98 Å². The lowest BCUT2D eigenvalue weighted by Crippen LogP contribution is -2.34. The van der Waals surface area contributed by atoms with Gasteiger partial charge in [-0.1, -0.05) is 67.8 Å². The van der Waals surface area contributed by atoms with Crippen molar-refractivity contribution < 1.29 is 9.59 Å². The number of aldehydes is 1. The number of unbranched alkanes of at least 4 members (excludes halogenated alkanes) is 2. The Kier molecular flexibility index (Phi) is 12.7. The van der Waals surface area contributed by atoms with Crippen LogP contribution in [-0.4, -0.2) is 71.8 Å². The first-order valence-corrected chi connectivity index (χ1v) is 14.3. The van der Waals surface area contributed by atoms with Gasteiger partial charge in [-0.3, -0.25) is 18.8 Å². The molecule has 1 amide bonds. The summed E-state index contributed by atoms with van der Waals surface area (Å²) in [6, 6.07) is 16.3. The van der Waals surface area contributed by atoms with Gasteiger partial charge in [0.1, 0.15) is 6.29 Å². The second-order valence-corrected chi connectivity index (χ2v) is 10.1. The first kappa shape index (κ1) is 31.7. The molecular formula is C31H39ClN6O3. The number of amides is 1. The quantitative estimate of drug-likeness (QED) is 0.170. The molecule has 0 fully saturated rings. The number of carbonyl (C=O) groups is 2. The summed E-state index contributed by atoms with van der Waals surface area (Å²) in [4.78, 5) is 40.8. The summed E-state index contributed by atoms with van der Waals surface area (Å²) < 4.78 is 3.69. The van der Waals surface area contributed by atoms with Crippen molar-refractivity contribution in [1.82, 2.24) is 29.5 Å². The number of carbonyl (C=O) groups excluding carboxylic acids is 2. The zero-order valence-electron chi connectivity index (χ0n) is 24.0.